The maximum absolute atomic E-state index is 5.58. The summed E-state index contributed by atoms with van der Waals surface area (Å²) in [5, 5.41) is 5.80. The van der Waals surface area contributed by atoms with Crippen LogP contribution in [-0.4, -0.2) is 6.54 Å². The number of furan rings is 1. The SMILES string of the molecule is CCCNC(c1ccoc1CC)c1ccsc1C. The predicted molar refractivity (Wildman–Crippen MR) is 77.3 cm³/mol. The number of aryl methyl sites for hydroxylation is 2. The summed E-state index contributed by atoms with van der Waals surface area (Å²) in [6.07, 6.45) is 3.88. The van der Waals surface area contributed by atoms with E-state index in [1.807, 2.05) is 0 Å². The quantitative estimate of drug-likeness (QED) is 0.840. The molecule has 0 radical (unpaired) electrons. The molecule has 0 saturated heterocycles. The van der Waals surface area contributed by atoms with E-state index in [9.17, 15) is 0 Å². The van der Waals surface area contributed by atoms with Crippen LogP contribution in [0.3, 0.4) is 0 Å². The summed E-state index contributed by atoms with van der Waals surface area (Å²) in [5.74, 6) is 1.09. The normalized spacial score (nSPS) is 12.8. The van der Waals surface area contributed by atoms with Crippen LogP contribution in [0.4, 0.5) is 0 Å². The van der Waals surface area contributed by atoms with Gasteiger partial charge in [-0.2, -0.15) is 0 Å². The van der Waals surface area contributed by atoms with Crippen molar-refractivity contribution in [1.29, 1.82) is 0 Å². The van der Waals surface area contributed by atoms with Crippen molar-refractivity contribution in [3.8, 4) is 0 Å². The summed E-state index contributed by atoms with van der Waals surface area (Å²) < 4.78 is 5.58. The van der Waals surface area contributed by atoms with E-state index >= 15 is 0 Å². The second-order valence-corrected chi connectivity index (χ2v) is 5.59. The molecule has 3 heteroatoms. The Kier molecular flexibility index (Phi) is 4.61. The minimum atomic E-state index is 0.268. The lowest BCUT2D eigenvalue weighted by molar-refractivity contribution is 0.500. The van der Waals surface area contributed by atoms with Crippen molar-refractivity contribution in [2.75, 3.05) is 6.54 Å². The molecule has 0 aliphatic heterocycles. The second kappa shape index (κ2) is 6.21. The average molecular weight is 263 g/mol. The smallest absolute Gasteiger partial charge is 0.108 e. The van der Waals surface area contributed by atoms with Gasteiger partial charge in [-0.15, -0.1) is 11.3 Å². The fraction of sp³-hybridized carbons (Fsp3) is 0.467. The van der Waals surface area contributed by atoms with Crippen LogP contribution in [0.5, 0.6) is 0 Å². The Morgan fingerprint density at radius 2 is 2.11 bits per heavy atom. The van der Waals surface area contributed by atoms with Gasteiger partial charge in [0.1, 0.15) is 5.76 Å². The van der Waals surface area contributed by atoms with E-state index < -0.39 is 0 Å². The van der Waals surface area contributed by atoms with Crippen molar-refractivity contribution in [2.24, 2.45) is 0 Å². The van der Waals surface area contributed by atoms with Crippen molar-refractivity contribution >= 4 is 11.3 Å². The molecule has 1 N–H and O–H groups in total. The van der Waals surface area contributed by atoms with E-state index in [4.69, 9.17) is 4.42 Å². The molecule has 18 heavy (non-hydrogen) atoms. The monoisotopic (exact) mass is 263 g/mol. The van der Waals surface area contributed by atoms with Crippen molar-refractivity contribution in [3.63, 3.8) is 0 Å². The lowest BCUT2D eigenvalue weighted by atomic mass is 9.99. The zero-order valence-electron chi connectivity index (χ0n) is 11.3. The number of hydrogen-bond donors (Lipinski definition) is 1. The summed E-state index contributed by atoms with van der Waals surface area (Å²) in [5.41, 5.74) is 2.66. The van der Waals surface area contributed by atoms with Crippen LogP contribution in [0.15, 0.2) is 28.2 Å². The van der Waals surface area contributed by atoms with E-state index in [0.29, 0.717) is 0 Å². The summed E-state index contributed by atoms with van der Waals surface area (Å²) in [6, 6.07) is 4.59. The van der Waals surface area contributed by atoms with E-state index in [1.54, 1.807) is 17.6 Å². The summed E-state index contributed by atoms with van der Waals surface area (Å²) in [4.78, 5) is 1.38. The second-order valence-electron chi connectivity index (χ2n) is 4.47. The molecule has 0 aromatic carbocycles. The standard InChI is InChI=1S/C15H21NOS/c1-4-8-16-15(12-7-10-18-11(12)3)13-6-9-17-14(13)5-2/h6-7,9-10,15-16H,4-5,8H2,1-3H3. The highest BCUT2D eigenvalue weighted by atomic mass is 32.1. The van der Waals surface area contributed by atoms with Crippen LogP contribution >= 0.6 is 11.3 Å². The number of rotatable bonds is 6. The van der Waals surface area contributed by atoms with E-state index in [1.165, 1.54) is 16.0 Å². The van der Waals surface area contributed by atoms with Gasteiger partial charge in [-0.25, -0.2) is 0 Å². The lowest BCUT2D eigenvalue weighted by Gasteiger charge is -2.18. The number of thiophene rings is 1. The van der Waals surface area contributed by atoms with Crippen LogP contribution in [0.25, 0.3) is 0 Å². The molecule has 0 aliphatic rings. The Morgan fingerprint density at radius 1 is 1.28 bits per heavy atom. The van der Waals surface area contributed by atoms with Crippen molar-refractivity contribution in [2.45, 2.75) is 39.7 Å². The Balaban J connectivity index is 2.34. The molecule has 0 bridgehead atoms. The minimum absolute atomic E-state index is 0.268. The molecule has 1 unspecified atom stereocenters. The summed E-state index contributed by atoms with van der Waals surface area (Å²) >= 11 is 1.81. The van der Waals surface area contributed by atoms with Gasteiger partial charge in [-0.3, -0.25) is 0 Å². The molecule has 2 aromatic heterocycles. The van der Waals surface area contributed by atoms with Gasteiger partial charge in [0, 0.05) is 16.9 Å². The Bertz CT molecular complexity index is 486. The highest BCUT2D eigenvalue weighted by Crippen LogP contribution is 2.31. The van der Waals surface area contributed by atoms with Crippen LogP contribution in [-0.2, 0) is 6.42 Å². The van der Waals surface area contributed by atoms with Crippen LogP contribution in [0.1, 0.15) is 48.1 Å². The molecule has 0 fully saturated rings. The van der Waals surface area contributed by atoms with E-state index in [-0.39, 0.29) is 6.04 Å². The van der Waals surface area contributed by atoms with Gasteiger partial charge >= 0.3 is 0 Å². The molecule has 0 saturated carbocycles. The third kappa shape index (κ3) is 2.68. The topological polar surface area (TPSA) is 25.2 Å². The fourth-order valence-electron chi connectivity index (χ4n) is 2.27. The highest BCUT2D eigenvalue weighted by molar-refractivity contribution is 7.10. The van der Waals surface area contributed by atoms with Crippen molar-refractivity contribution < 1.29 is 4.42 Å². The molecule has 98 valence electrons. The summed E-state index contributed by atoms with van der Waals surface area (Å²) in [6.45, 7) is 7.54. The van der Waals surface area contributed by atoms with Crippen molar-refractivity contribution in [1.82, 2.24) is 5.32 Å². The maximum atomic E-state index is 5.58. The number of nitrogens with one attached hydrogen (secondary N) is 1. The fourth-order valence-corrected chi connectivity index (χ4v) is 3.01. The van der Waals surface area contributed by atoms with E-state index in [0.717, 1.165) is 25.1 Å². The van der Waals surface area contributed by atoms with Crippen molar-refractivity contribution in [3.05, 3.63) is 45.5 Å². The van der Waals surface area contributed by atoms with Gasteiger partial charge in [0.2, 0.25) is 0 Å². The zero-order chi connectivity index (χ0) is 13.0. The molecule has 2 heterocycles. The Morgan fingerprint density at radius 3 is 2.72 bits per heavy atom. The molecule has 0 aliphatic carbocycles. The Hall–Kier alpha value is -1.06. The highest BCUT2D eigenvalue weighted by Gasteiger charge is 2.20. The largest absolute Gasteiger partial charge is 0.469 e. The first kappa shape index (κ1) is 13.4. The first-order valence-corrected chi connectivity index (χ1v) is 7.49. The van der Waals surface area contributed by atoms with Crippen LogP contribution < -0.4 is 5.32 Å². The van der Waals surface area contributed by atoms with Gasteiger partial charge in [-0.05, 0) is 43.0 Å². The van der Waals surface area contributed by atoms with Crippen LogP contribution in [0.2, 0.25) is 0 Å². The molecular formula is C15H21NOS. The van der Waals surface area contributed by atoms with E-state index in [2.05, 4.69) is 43.6 Å². The van der Waals surface area contributed by atoms with Gasteiger partial charge in [0.05, 0.1) is 12.3 Å². The zero-order valence-corrected chi connectivity index (χ0v) is 12.1. The third-order valence-corrected chi connectivity index (χ3v) is 4.08. The third-order valence-electron chi connectivity index (χ3n) is 3.22. The molecule has 2 rings (SSSR count). The predicted octanol–water partition coefficient (Wildman–Crippen LogP) is 4.30. The molecule has 2 aromatic rings. The maximum Gasteiger partial charge on any atom is 0.108 e. The molecule has 1 atom stereocenters. The summed E-state index contributed by atoms with van der Waals surface area (Å²) in [7, 11) is 0. The molecular weight excluding hydrogens is 242 g/mol. The first-order chi connectivity index (χ1) is 8.77. The number of hydrogen-bond acceptors (Lipinski definition) is 3. The van der Waals surface area contributed by atoms with Crippen LogP contribution in [0, 0.1) is 6.92 Å². The van der Waals surface area contributed by atoms with Gasteiger partial charge in [0.25, 0.3) is 0 Å². The molecule has 0 amide bonds. The first-order valence-electron chi connectivity index (χ1n) is 6.61. The Labute approximate surface area is 113 Å². The van der Waals surface area contributed by atoms with Gasteiger partial charge in [-0.1, -0.05) is 13.8 Å². The average Bonchev–Trinajstić information content (AvgIpc) is 2.99. The van der Waals surface area contributed by atoms with Gasteiger partial charge in [0.15, 0.2) is 0 Å². The molecule has 2 nitrogen and oxygen atoms in total. The molecule has 0 spiro atoms. The van der Waals surface area contributed by atoms with Gasteiger partial charge < -0.3 is 9.73 Å². The lowest BCUT2D eigenvalue weighted by Crippen LogP contribution is -2.23. The minimum Gasteiger partial charge on any atom is -0.469 e.